The highest BCUT2D eigenvalue weighted by atomic mass is 35.5. The maximum atomic E-state index is 12.2. The topological polar surface area (TPSA) is 58.1 Å². The molecule has 1 aromatic carbocycles. The largest absolute Gasteiger partial charge is 0.352 e. The normalized spacial score (nSPS) is 15.2. The van der Waals surface area contributed by atoms with Gasteiger partial charge >= 0.3 is 0 Å². The van der Waals surface area contributed by atoms with Crippen LogP contribution >= 0.6 is 11.6 Å². The summed E-state index contributed by atoms with van der Waals surface area (Å²) in [6.07, 6.45) is 6.27. The summed E-state index contributed by atoms with van der Waals surface area (Å²) in [5, 5.41) is 3.60. The van der Waals surface area contributed by atoms with E-state index in [0.717, 1.165) is 43.8 Å². The van der Waals surface area contributed by atoms with E-state index in [1.54, 1.807) is 12.4 Å². The molecule has 1 amide bonds. The van der Waals surface area contributed by atoms with Crippen molar-refractivity contribution in [2.75, 3.05) is 24.5 Å². The quantitative estimate of drug-likeness (QED) is 0.890. The molecule has 3 rings (SSSR count). The summed E-state index contributed by atoms with van der Waals surface area (Å²) in [7, 11) is 0. The Kier molecular flexibility index (Phi) is 5.87. The molecule has 0 atom stereocenters. The molecule has 5 nitrogen and oxygen atoms in total. The summed E-state index contributed by atoms with van der Waals surface area (Å²) < 4.78 is 0. The second-order valence-electron chi connectivity index (χ2n) is 6.58. The molecule has 1 saturated heterocycles. The van der Waals surface area contributed by atoms with E-state index in [-0.39, 0.29) is 5.91 Å². The van der Waals surface area contributed by atoms with Crippen LogP contribution in [0.2, 0.25) is 5.02 Å². The van der Waals surface area contributed by atoms with Crippen molar-refractivity contribution >= 4 is 23.5 Å². The van der Waals surface area contributed by atoms with Crippen LogP contribution in [0.3, 0.4) is 0 Å². The van der Waals surface area contributed by atoms with Crippen LogP contribution in [0.4, 0.5) is 5.95 Å². The fourth-order valence-electron chi connectivity index (χ4n) is 2.93. The molecule has 0 bridgehead atoms. The van der Waals surface area contributed by atoms with Gasteiger partial charge in [0.05, 0.1) is 5.56 Å². The van der Waals surface area contributed by atoms with E-state index in [2.05, 4.69) is 27.1 Å². The van der Waals surface area contributed by atoms with Crippen molar-refractivity contribution in [3.8, 4) is 0 Å². The number of benzene rings is 1. The number of amides is 1. The van der Waals surface area contributed by atoms with Crippen LogP contribution in [-0.4, -0.2) is 35.5 Å². The lowest BCUT2D eigenvalue weighted by Gasteiger charge is -2.30. The van der Waals surface area contributed by atoms with Crippen molar-refractivity contribution in [2.24, 2.45) is 5.92 Å². The molecule has 1 aromatic heterocycles. The molecule has 1 fully saturated rings. The third-order valence-corrected chi connectivity index (χ3v) is 4.79. The van der Waals surface area contributed by atoms with Crippen molar-refractivity contribution < 1.29 is 4.79 Å². The third kappa shape index (κ3) is 4.92. The Bertz CT molecular complexity index is 712. The zero-order valence-corrected chi connectivity index (χ0v) is 15.2. The van der Waals surface area contributed by atoms with E-state index < -0.39 is 0 Å². The molecule has 2 aromatic rings. The summed E-state index contributed by atoms with van der Waals surface area (Å²) in [5.41, 5.74) is 1.58. The van der Waals surface area contributed by atoms with Gasteiger partial charge in [-0.25, -0.2) is 9.97 Å². The van der Waals surface area contributed by atoms with Crippen LogP contribution in [0.1, 0.15) is 35.7 Å². The Morgan fingerprint density at radius 3 is 2.68 bits per heavy atom. The van der Waals surface area contributed by atoms with E-state index >= 15 is 0 Å². The van der Waals surface area contributed by atoms with Gasteiger partial charge in [0.25, 0.3) is 5.91 Å². The Morgan fingerprint density at radius 2 is 2.00 bits per heavy atom. The van der Waals surface area contributed by atoms with E-state index in [0.29, 0.717) is 23.1 Å². The Labute approximate surface area is 153 Å². The highest BCUT2D eigenvalue weighted by molar-refractivity contribution is 6.30. The van der Waals surface area contributed by atoms with Gasteiger partial charge in [-0.2, -0.15) is 0 Å². The predicted octanol–water partition coefficient (Wildman–Crippen LogP) is 3.34. The van der Waals surface area contributed by atoms with Crippen LogP contribution < -0.4 is 10.2 Å². The van der Waals surface area contributed by atoms with Crippen molar-refractivity contribution in [3.05, 3.63) is 52.8 Å². The number of aromatic nitrogens is 2. The number of nitrogens with zero attached hydrogens (tertiary/aromatic N) is 3. The number of rotatable bonds is 5. The highest BCUT2D eigenvalue weighted by Crippen LogP contribution is 2.19. The van der Waals surface area contributed by atoms with Gasteiger partial charge in [0.1, 0.15) is 0 Å². The molecule has 1 N–H and O–H groups in total. The summed E-state index contributed by atoms with van der Waals surface area (Å²) in [6, 6.07) is 7.65. The number of nitrogens with one attached hydrogen (secondary N) is 1. The molecule has 25 heavy (non-hydrogen) atoms. The van der Waals surface area contributed by atoms with E-state index in [4.69, 9.17) is 11.6 Å². The van der Waals surface area contributed by atoms with Crippen LogP contribution in [0.5, 0.6) is 0 Å². The van der Waals surface area contributed by atoms with Crippen molar-refractivity contribution in [1.29, 1.82) is 0 Å². The second kappa shape index (κ2) is 8.30. The predicted molar refractivity (Wildman–Crippen MR) is 100 cm³/mol. The molecule has 0 saturated carbocycles. The standard InChI is InChI=1S/C19H23ClN4O/c1-14-6-9-24(10-7-14)19-22-12-16(13-23-19)18(25)21-8-5-15-3-2-4-17(20)11-15/h2-4,11-14H,5-10H2,1H3,(H,21,25). The van der Waals surface area contributed by atoms with Gasteiger partial charge in [-0.05, 0) is 42.9 Å². The summed E-state index contributed by atoms with van der Waals surface area (Å²) in [6.45, 7) is 4.78. The molecule has 2 heterocycles. The van der Waals surface area contributed by atoms with E-state index in [9.17, 15) is 4.79 Å². The van der Waals surface area contributed by atoms with Gasteiger partial charge in [0.2, 0.25) is 5.95 Å². The van der Waals surface area contributed by atoms with E-state index in [1.807, 2.05) is 24.3 Å². The molecule has 0 radical (unpaired) electrons. The number of hydrogen-bond acceptors (Lipinski definition) is 4. The first-order chi connectivity index (χ1) is 12.1. The van der Waals surface area contributed by atoms with Gasteiger partial charge < -0.3 is 10.2 Å². The van der Waals surface area contributed by atoms with Gasteiger partial charge in [-0.15, -0.1) is 0 Å². The minimum Gasteiger partial charge on any atom is -0.352 e. The fourth-order valence-corrected chi connectivity index (χ4v) is 3.14. The zero-order chi connectivity index (χ0) is 17.6. The van der Waals surface area contributed by atoms with Crippen molar-refractivity contribution in [2.45, 2.75) is 26.2 Å². The lowest BCUT2D eigenvalue weighted by Crippen LogP contribution is -2.34. The first-order valence-electron chi connectivity index (χ1n) is 8.71. The maximum Gasteiger partial charge on any atom is 0.254 e. The number of anilines is 1. The molecular formula is C19H23ClN4O. The minimum absolute atomic E-state index is 0.152. The molecule has 1 aliphatic heterocycles. The molecule has 0 aliphatic carbocycles. The molecule has 6 heteroatoms. The van der Waals surface area contributed by atoms with Crippen molar-refractivity contribution in [3.63, 3.8) is 0 Å². The zero-order valence-electron chi connectivity index (χ0n) is 14.4. The Hall–Kier alpha value is -2.14. The number of carbonyl (C=O) groups excluding carboxylic acids is 1. The average molecular weight is 359 g/mol. The number of carbonyl (C=O) groups is 1. The Balaban J connectivity index is 1.50. The van der Waals surface area contributed by atoms with Crippen LogP contribution in [0, 0.1) is 5.92 Å². The summed E-state index contributed by atoms with van der Waals surface area (Å²) >= 11 is 5.96. The molecule has 1 aliphatic rings. The number of hydrogen-bond donors (Lipinski definition) is 1. The minimum atomic E-state index is -0.152. The highest BCUT2D eigenvalue weighted by Gasteiger charge is 2.18. The average Bonchev–Trinajstić information content (AvgIpc) is 2.62. The lowest BCUT2D eigenvalue weighted by atomic mass is 10.00. The first-order valence-corrected chi connectivity index (χ1v) is 9.09. The number of halogens is 1. The fraction of sp³-hybridized carbons (Fsp3) is 0.421. The van der Waals surface area contributed by atoms with Gasteiger partial charge in [-0.3, -0.25) is 4.79 Å². The summed E-state index contributed by atoms with van der Waals surface area (Å²) in [5.74, 6) is 1.32. The van der Waals surface area contributed by atoms with Gasteiger partial charge in [0, 0.05) is 37.1 Å². The second-order valence-corrected chi connectivity index (χ2v) is 7.01. The van der Waals surface area contributed by atoms with Gasteiger partial charge in [0.15, 0.2) is 0 Å². The lowest BCUT2D eigenvalue weighted by molar-refractivity contribution is 0.0953. The SMILES string of the molecule is CC1CCN(c2ncc(C(=O)NCCc3cccc(Cl)c3)cn2)CC1. The van der Waals surface area contributed by atoms with Gasteiger partial charge in [-0.1, -0.05) is 30.7 Å². The van der Waals surface area contributed by atoms with Crippen LogP contribution in [0.25, 0.3) is 0 Å². The molecule has 0 unspecified atom stereocenters. The van der Waals surface area contributed by atoms with Crippen LogP contribution in [0.15, 0.2) is 36.7 Å². The molecule has 132 valence electrons. The number of piperidine rings is 1. The van der Waals surface area contributed by atoms with E-state index in [1.165, 1.54) is 0 Å². The monoisotopic (exact) mass is 358 g/mol. The van der Waals surface area contributed by atoms with Crippen LogP contribution in [-0.2, 0) is 6.42 Å². The molecular weight excluding hydrogens is 336 g/mol. The first kappa shape index (κ1) is 17.7. The Morgan fingerprint density at radius 1 is 1.28 bits per heavy atom. The maximum absolute atomic E-state index is 12.2. The smallest absolute Gasteiger partial charge is 0.254 e. The molecule has 0 spiro atoms. The van der Waals surface area contributed by atoms with Crippen molar-refractivity contribution in [1.82, 2.24) is 15.3 Å². The summed E-state index contributed by atoms with van der Waals surface area (Å²) in [4.78, 5) is 23.1. The third-order valence-electron chi connectivity index (χ3n) is 4.56.